The molecule has 2 heterocycles. The number of carbonyl (C=O) groups is 1. The molecule has 0 bridgehead atoms. The van der Waals surface area contributed by atoms with Gasteiger partial charge in [-0.15, -0.1) is 0 Å². The van der Waals surface area contributed by atoms with Crippen molar-refractivity contribution in [1.82, 2.24) is 19.7 Å². The molecular formula is C23H21F3N4O4. The van der Waals surface area contributed by atoms with Gasteiger partial charge in [0.05, 0.1) is 23.9 Å². The maximum atomic E-state index is 13.1. The summed E-state index contributed by atoms with van der Waals surface area (Å²) in [4.78, 5) is 39.0. The van der Waals surface area contributed by atoms with Gasteiger partial charge >= 0.3 is 11.9 Å². The van der Waals surface area contributed by atoms with Crippen molar-refractivity contribution in [2.24, 2.45) is 0 Å². The minimum absolute atomic E-state index is 0.0746. The topological polar surface area (TPSA) is 95.2 Å². The standard InChI is InChI=1S/C23H21F3N4O4/c24-23(25,26)16-7-4-6-15(12-16)14-29-21(32)19(20(31)27-13-18-10-5-11-34-18)28-30(22(29)33)17-8-2-1-3-9-17/h1-4,6-9,12,18H,5,10-11,13-14H2,(H,27,31). The van der Waals surface area contributed by atoms with E-state index in [-0.39, 0.29) is 18.2 Å². The van der Waals surface area contributed by atoms with Gasteiger partial charge in [0, 0.05) is 13.2 Å². The fraction of sp³-hybridized carbons (Fsp3) is 0.304. The van der Waals surface area contributed by atoms with Gasteiger partial charge in [-0.1, -0.05) is 30.3 Å². The van der Waals surface area contributed by atoms with Crippen LogP contribution < -0.4 is 16.6 Å². The Hall–Kier alpha value is -3.73. The minimum Gasteiger partial charge on any atom is -0.376 e. The van der Waals surface area contributed by atoms with Crippen LogP contribution in [0.25, 0.3) is 5.69 Å². The zero-order valence-electron chi connectivity index (χ0n) is 17.9. The quantitative estimate of drug-likeness (QED) is 0.592. The molecule has 1 aliphatic rings. The zero-order valence-corrected chi connectivity index (χ0v) is 17.9. The lowest BCUT2D eigenvalue weighted by Crippen LogP contribution is -2.46. The van der Waals surface area contributed by atoms with Gasteiger partial charge in [-0.05, 0) is 42.7 Å². The number of halogens is 3. The summed E-state index contributed by atoms with van der Waals surface area (Å²) in [5.41, 5.74) is -2.98. The van der Waals surface area contributed by atoms with Crippen molar-refractivity contribution in [2.45, 2.75) is 31.7 Å². The Labute approximate surface area is 191 Å². The number of nitrogens with one attached hydrogen (secondary N) is 1. The molecule has 0 saturated carbocycles. The molecule has 3 aromatic rings. The average molecular weight is 474 g/mol. The Kier molecular flexibility index (Phi) is 6.64. The maximum Gasteiger partial charge on any atom is 0.416 e. The van der Waals surface area contributed by atoms with Crippen LogP contribution in [-0.2, 0) is 17.5 Å². The molecule has 4 rings (SSSR count). The molecule has 1 N–H and O–H groups in total. The third kappa shape index (κ3) is 5.09. The molecule has 1 amide bonds. The predicted molar refractivity (Wildman–Crippen MR) is 116 cm³/mol. The smallest absolute Gasteiger partial charge is 0.376 e. The lowest BCUT2D eigenvalue weighted by molar-refractivity contribution is -0.137. The van der Waals surface area contributed by atoms with Crippen molar-refractivity contribution in [3.05, 3.63) is 92.3 Å². The van der Waals surface area contributed by atoms with Gasteiger partial charge in [0.2, 0.25) is 5.69 Å². The van der Waals surface area contributed by atoms with Crippen LogP contribution >= 0.6 is 0 Å². The Morgan fingerprint density at radius 3 is 2.56 bits per heavy atom. The second kappa shape index (κ2) is 9.64. The van der Waals surface area contributed by atoms with E-state index in [9.17, 15) is 27.6 Å². The van der Waals surface area contributed by atoms with Crippen molar-refractivity contribution in [3.8, 4) is 5.69 Å². The highest BCUT2D eigenvalue weighted by Crippen LogP contribution is 2.29. The Morgan fingerprint density at radius 1 is 1.12 bits per heavy atom. The predicted octanol–water partition coefficient (Wildman–Crippen LogP) is 2.37. The van der Waals surface area contributed by atoms with Gasteiger partial charge < -0.3 is 10.1 Å². The van der Waals surface area contributed by atoms with E-state index in [1.54, 1.807) is 30.3 Å². The second-order valence-corrected chi connectivity index (χ2v) is 7.81. The van der Waals surface area contributed by atoms with Gasteiger partial charge in [-0.3, -0.25) is 14.2 Å². The fourth-order valence-electron chi connectivity index (χ4n) is 3.66. The van der Waals surface area contributed by atoms with E-state index in [1.165, 1.54) is 12.1 Å². The molecule has 8 nitrogen and oxygen atoms in total. The van der Waals surface area contributed by atoms with E-state index in [2.05, 4.69) is 10.4 Å². The number of hydrogen-bond donors (Lipinski definition) is 1. The Morgan fingerprint density at radius 2 is 1.88 bits per heavy atom. The van der Waals surface area contributed by atoms with E-state index in [0.717, 1.165) is 29.7 Å². The summed E-state index contributed by atoms with van der Waals surface area (Å²) < 4.78 is 46.4. The van der Waals surface area contributed by atoms with E-state index in [1.807, 2.05) is 0 Å². The monoisotopic (exact) mass is 474 g/mol. The zero-order chi connectivity index (χ0) is 24.3. The number of ether oxygens (including phenoxy) is 1. The van der Waals surface area contributed by atoms with E-state index < -0.39 is 41.1 Å². The highest BCUT2D eigenvalue weighted by molar-refractivity contribution is 5.91. The van der Waals surface area contributed by atoms with Gasteiger partial charge in [0.15, 0.2) is 0 Å². The molecule has 1 aliphatic heterocycles. The SMILES string of the molecule is O=C(NCC1CCCO1)c1nn(-c2ccccc2)c(=O)n(Cc2cccc(C(F)(F)F)c2)c1=O. The van der Waals surface area contributed by atoms with Crippen LogP contribution in [0.4, 0.5) is 13.2 Å². The van der Waals surface area contributed by atoms with E-state index in [0.29, 0.717) is 16.9 Å². The maximum absolute atomic E-state index is 13.1. The third-order valence-electron chi connectivity index (χ3n) is 5.38. The van der Waals surface area contributed by atoms with Gasteiger partial charge in [-0.2, -0.15) is 23.0 Å². The van der Waals surface area contributed by atoms with Crippen molar-refractivity contribution in [3.63, 3.8) is 0 Å². The van der Waals surface area contributed by atoms with Crippen LogP contribution in [0.15, 0.2) is 64.2 Å². The summed E-state index contributed by atoms with van der Waals surface area (Å²) in [6, 6.07) is 12.4. The van der Waals surface area contributed by atoms with Crippen LogP contribution in [0.1, 0.15) is 34.5 Å². The van der Waals surface area contributed by atoms with Gasteiger partial charge in [0.1, 0.15) is 0 Å². The van der Waals surface area contributed by atoms with Crippen LogP contribution in [0.3, 0.4) is 0 Å². The summed E-state index contributed by atoms with van der Waals surface area (Å²) in [7, 11) is 0. The normalized spacial score (nSPS) is 15.9. The Balaban J connectivity index is 1.76. The molecule has 1 unspecified atom stereocenters. The van der Waals surface area contributed by atoms with Crippen LogP contribution in [0, 0.1) is 0 Å². The molecule has 0 spiro atoms. The minimum atomic E-state index is -4.59. The van der Waals surface area contributed by atoms with Crippen molar-refractivity contribution < 1.29 is 22.7 Å². The first-order valence-electron chi connectivity index (χ1n) is 10.6. The molecule has 1 atom stereocenters. The molecule has 1 aromatic heterocycles. The average Bonchev–Trinajstić information content (AvgIpc) is 3.34. The van der Waals surface area contributed by atoms with Crippen molar-refractivity contribution >= 4 is 5.91 Å². The lowest BCUT2D eigenvalue weighted by atomic mass is 10.1. The van der Waals surface area contributed by atoms with E-state index in [4.69, 9.17) is 4.74 Å². The number of aromatic nitrogens is 3. The highest BCUT2D eigenvalue weighted by atomic mass is 19.4. The summed E-state index contributed by atoms with van der Waals surface area (Å²) in [6.07, 6.45) is -3.15. The molecule has 1 saturated heterocycles. The molecule has 11 heteroatoms. The molecule has 34 heavy (non-hydrogen) atoms. The number of rotatable bonds is 6. The molecule has 0 aliphatic carbocycles. The number of amides is 1. The summed E-state index contributed by atoms with van der Waals surface area (Å²) in [6.45, 7) is 0.280. The van der Waals surface area contributed by atoms with Gasteiger partial charge in [-0.25, -0.2) is 4.79 Å². The highest BCUT2D eigenvalue weighted by Gasteiger charge is 2.30. The number of benzene rings is 2. The van der Waals surface area contributed by atoms with Crippen molar-refractivity contribution in [1.29, 1.82) is 0 Å². The van der Waals surface area contributed by atoms with E-state index >= 15 is 0 Å². The van der Waals surface area contributed by atoms with Crippen LogP contribution in [0.5, 0.6) is 0 Å². The first-order valence-corrected chi connectivity index (χ1v) is 10.6. The Bertz CT molecular complexity index is 1300. The number of nitrogens with zero attached hydrogens (tertiary/aromatic N) is 3. The summed E-state index contributed by atoms with van der Waals surface area (Å²) in [5.74, 6) is -0.803. The fourth-order valence-corrected chi connectivity index (χ4v) is 3.66. The molecule has 178 valence electrons. The summed E-state index contributed by atoms with van der Waals surface area (Å²) >= 11 is 0. The van der Waals surface area contributed by atoms with Gasteiger partial charge in [0.25, 0.3) is 11.5 Å². The molecule has 0 radical (unpaired) electrons. The summed E-state index contributed by atoms with van der Waals surface area (Å²) in [5, 5.41) is 6.58. The van der Waals surface area contributed by atoms with Crippen LogP contribution in [0.2, 0.25) is 0 Å². The molecule has 2 aromatic carbocycles. The first kappa shape index (κ1) is 23.4. The third-order valence-corrected chi connectivity index (χ3v) is 5.38. The molecule has 1 fully saturated rings. The van der Waals surface area contributed by atoms with Crippen molar-refractivity contribution in [2.75, 3.05) is 13.2 Å². The number of carbonyl (C=O) groups excluding carboxylic acids is 1. The van der Waals surface area contributed by atoms with Crippen LogP contribution in [-0.4, -0.2) is 39.5 Å². The largest absolute Gasteiger partial charge is 0.416 e. The second-order valence-electron chi connectivity index (χ2n) is 7.81. The number of para-hydroxylation sites is 1. The molecular weight excluding hydrogens is 453 g/mol. The lowest BCUT2D eigenvalue weighted by Gasteiger charge is -2.14. The number of hydrogen-bond acceptors (Lipinski definition) is 5. The number of alkyl halides is 3. The first-order chi connectivity index (χ1) is 16.2.